The van der Waals surface area contributed by atoms with E-state index in [0.29, 0.717) is 5.88 Å². The minimum atomic E-state index is -0.547. The van der Waals surface area contributed by atoms with E-state index >= 15 is 0 Å². The number of hydrogen-bond donors (Lipinski definition) is 0. The molecule has 5 heteroatoms. The molecule has 1 unspecified atom stereocenters. The average Bonchev–Trinajstić information content (AvgIpc) is 2.93. The van der Waals surface area contributed by atoms with E-state index in [1.54, 1.807) is 0 Å². The van der Waals surface area contributed by atoms with Gasteiger partial charge in [-0.05, 0) is 43.2 Å². The van der Waals surface area contributed by atoms with Gasteiger partial charge in [-0.3, -0.25) is 9.59 Å². The largest absolute Gasteiger partial charge is 0.461 e. The Morgan fingerprint density at radius 3 is 2.85 bits per heavy atom. The predicted molar refractivity (Wildman–Crippen MR) is 99.7 cm³/mol. The smallest absolute Gasteiger partial charge is 0.316 e. The molecule has 0 radical (unpaired) electrons. The summed E-state index contributed by atoms with van der Waals surface area (Å²) in [5, 5.41) is 0. The Morgan fingerprint density at radius 2 is 2.08 bits per heavy atom. The number of carbonyl (C=O) groups is 2. The molecular weight excluding hydrogens is 352 g/mol. The van der Waals surface area contributed by atoms with Gasteiger partial charge in [0.15, 0.2) is 0 Å². The minimum absolute atomic E-state index is 0.0850. The maximum absolute atomic E-state index is 12.6. The Hall–Kier alpha value is -1.81. The Labute approximate surface area is 159 Å². The van der Waals surface area contributed by atoms with E-state index < -0.39 is 11.5 Å². The van der Waals surface area contributed by atoms with E-state index in [9.17, 15) is 9.59 Å². The normalized spacial score (nSPS) is 24.6. The lowest BCUT2D eigenvalue weighted by Gasteiger charge is -2.30. The van der Waals surface area contributed by atoms with Gasteiger partial charge in [-0.1, -0.05) is 42.8 Å². The fraction of sp³-hybridized carbons (Fsp3) is 0.524. The number of allylic oxidation sites excluding steroid dienone is 1. The van der Waals surface area contributed by atoms with E-state index in [0.717, 1.165) is 49.7 Å². The van der Waals surface area contributed by atoms with Gasteiger partial charge in [-0.15, -0.1) is 11.6 Å². The van der Waals surface area contributed by atoms with Crippen LogP contribution in [0.25, 0.3) is 0 Å². The number of hydrogen-bond acceptors (Lipinski definition) is 4. The molecule has 0 spiro atoms. The summed E-state index contributed by atoms with van der Waals surface area (Å²) in [6.45, 7) is 0.236. The van der Waals surface area contributed by atoms with Crippen LogP contribution in [0.15, 0.2) is 42.0 Å². The zero-order chi connectivity index (χ0) is 18.4. The SMILES string of the molecule is O=C(CC1OC(=O)[C@@]2(CCCCCl)CCCC=C12)OCc1ccccc1. The quantitative estimate of drug-likeness (QED) is 0.289. The number of rotatable bonds is 8. The number of benzene rings is 1. The van der Waals surface area contributed by atoms with Gasteiger partial charge in [-0.25, -0.2) is 0 Å². The number of alkyl halides is 1. The van der Waals surface area contributed by atoms with Crippen molar-refractivity contribution in [1.29, 1.82) is 0 Å². The number of ether oxygens (including phenoxy) is 2. The van der Waals surface area contributed by atoms with E-state index in [-0.39, 0.29) is 25.0 Å². The maximum Gasteiger partial charge on any atom is 0.316 e. The summed E-state index contributed by atoms with van der Waals surface area (Å²) in [4.78, 5) is 24.9. The van der Waals surface area contributed by atoms with Crippen LogP contribution in [0.3, 0.4) is 0 Å². The van der Waals surface area contributed by atoms with Crippen molar-refractivity contribution in [2.45, 2.75) is 57.7 Å². The van der Waals surface area contributed by atoms with Crippen molar-refractivity contribution in [3.8, 4) is 0 Å². The number of halogens is 1. The molecule has 1 aromatic rings. The van der Waals surface area contributed by atoms with Crippen LogP contribution in [0.5, 0.6) is 0 Å². The molecule has 0 bridgehead atoms. The molecule has 0 N–H and O–H groups in total. The third-order valence-electron chi connectivity index (χ3n) is 5.29. The van der Waals surface area contributed by atoms with Crippen molar-refractivity contribution < 1.29 is 19.1 Å². The van der Waals surface area contributed by atoms with Crippen molar-refractivity contribution in [3.63, 3.8) is 0 Å². The van der Waals surface area contributed by atoms with Crippen LogP contribution in [0.4, 0.5) is 0 Å². The first-order valence-corrected chi connectivity index (χ1v) is 9.86. The lowest BCUT2D eigenvalue weighted by Crippen LogP contribution is -2.31. The molecule has 0 aromatic heterocycles. The summed E-state index contributed by atoms with van der Waals surface area (Å²) < 4.78 is 11.0. The lowest BCUT2D eigenvalue weighted by molar-refractivity contribution is -0.153. The first-order valence-electron chi connectivity index (χ1n) is 9.33. The highest BCUT2D eigenvalue weighted by molar-refractivity contribution is 6.17. The van der Waals surface area contributed by atoms with E-state index in [1.165, 1.54) is 0 Å². The fourth-order valence-electron chi connectivity index (χ4n) is 3.96. The highest BCUT2D eigenvalue weighted by Gasteiger charge is 2.53. The van der Waals surface area contributed by atoms with E-state index in [1.807, 2.05) is 30.3 Å². The summed E-state index contributed by atoms with van der Waals surface area (Å²) in [6, 6.07) is 9.56. The van der Waals surface area contributed by atoms with Gasteiger partial charge in [0, 0.05) is 5.88 Å². The number of fused-ring (bicyclic) bond motifs is 1. The van der Waals surface area contributed by atoms with Gasteiger partial charge in [0.25, 0.3) is 0 Å². The van der Waals surface area contributed by atoms with Gasteiger partial charge in [-0.2, -0.15) is 0 Å². The summed E-state index contributed by atoms with van der Waals surface area (Å²) in [7, 11) is 0. The van der Waals surface area contributed by atoms with Crippen LogP contribution in [-0.2, 0) is 25.7 Å². The van der Waals surface area contributed by atoms with Crippen LogP contribution in [0.2, 0.25) is 0 Å². The highest BCUT2D eigenvalue weighted by atomic mass is 35.5. The van der Waals surface area contributed by atoms with Crippen molar-refractivity contribution in [2.75, 3.05) is 5.88 Å². The Kier molecular flexibility index (Phi) is 6.36. The molecule has 2 atom stereocenters. The molecule has 1 saturated heterocycles. The third kappa shape index (κ3) is 4.12. The summed E-state index contributed by atoms with van der Waals surface area (Å²) >= 11 is 5.79. The standard InChI is InChI=1S/C21H25ClO4/c22-13-7-6-12-21-11-5-4-10-17(21)18(26-20(21)24)14-19(23)25-15-16-8-2-1-3-9-16/h1-3,8-10,18H,4-7,11-15H2/t18?,21-/m1/s1. The zero-order valence-corrected chi connectivity index (χ0v) is 15.7. The van der Waals surface area contributed by atoms with Gasteiger partial charge in [0.05, 0.1) is 11.8 Å². The number of esters is 2. The Bertz CT molecular complexity index is 670. The molecule has 26 heavy (non-hydrogen) atoms. The molecule has 1 fully saturated rings. The second-order valence-electron chi connectivity index (χ2n) is 7.02. The van der Waals surface area contributed by atoms with E-state index in [2.05, 4.69) is 6.08 Å². The molecule has 1 aliphatic heterocycles. The van der Waals surface area contributed by atoms with Crippen LogP contribution >= 0.6 is 11.6 Å². The zero-order valence-electron chi connectivity index (χ0n) is 14.9. The summed E-state index contributed by atoms with van der Waals surface area (Å²) in [6.07, 6.45) is 6.93. The average molecular weight is 377 g/mol. The molecule has 140 valence electrons. The maximum atomic E-state index is 12.6. The lowest BCUT2D eigenvalue weighted by atomic mass is 9.69. The molecular formula is C21H25ClO4. The van der Waals surface area contributed by atoms with E-state index in [4.69, 9.17) is 21.1 Å². The number of cyclic esters (lactones) is 1. The molecule has 1 aliphatic carbocycles. The molecule has 0 amide bonds. The second-order valence-corrected chi connectivity index (χ2v) is 7.40. The van der Waals surface area contributed by atoms with Crippen LogP contribution in [-0.4, -0.2) is 23.9 Å². The topological polar surface area (TPSA) is 52.6 Å². The number of unbranched alkanes of at least 4 members (excludes halogenated alkanes) is 1. The molecule has 1 aromatic carbocycles. The Balaban J connectivity index is 1.62. The van der Waals surface area contributed by atoms with Gasteiger partial charge in [0.1, 0.15) is 12.7 Å². The van der Waals surface area contributed by atoms with Crippen LogP contribution in [0.1, 0.15) is 50.5 Å². The summed E-state index contributed by atoms with van der Waals surface area (Å²) in [5.41, 5.74) is 1.38. The molecule has 4 nitrogen and oxygen atoms in total. The predicted octanol–water partition coefficient (Wildman–Crippen LogP) is 4.55. The first-order chi connectivity index (χ1) is 12.7. The molecule has 0 saturated carbocycles. The van der Waals surface area contributed by atoms with Gasteiger partial charge >= 0.3 is 11.9 Å². The van der Waals surface area contributed by atoms with Crippen molar-refractivity contribution >= 4 is 23.5 Å². The molecule has 3 rings (SSSR count). The third-order valence-corrected chi connectivity index (χ3v) is 5.56. The van der Waals surface area contributed by atoms with Gasteiger partial charge < -0.3 is 9.47 Å². The highest BCUT2D eigenvalue weighted by Crippen LogP contribution is 2.50. The van der Waals surface area contributed by atoms with Crippen molar-refractivity contribution in [3.05, 3.63) is 47.5 Å². The van der Waals surface area contributed by atoms with Crippen molar-refractivity contribution in [1.82, 2.24) is 0 Å². The first kappa shape index (κ1) is 19.0. The van der Waals surface area contributed by atoms with Crippen LogP contribution < -0.4 is 0 Å². The van der Waals surface area contributed by atoms with Crippen LogP contribution in [0, 0.1) is 5.41 Å². The van der Waals surface area contributed by atoms with Gasteiger partial charge in [0.2, 0.25) is 0 Å². The minimum Gasteiger partial charge on any atom is -0.461 e. The monoisotopic (exact) mass is 376 g/mol. The fourth-order valence-corrected chi connectivity index (χ4v) is 4.15. The Morgan fingerprint density at radius 1 is 1.27 bits per heavy atom. The number of carbonyl (C=O) groups excluding carboxylic acids is 2. The molecule has 2 aliphatic rings. The second kappa shape index (κ2) is 8.72. The molecule has 1 heterocycles. The summed E-state index contributed by atoms with van der Waals surface area (Å²) in [5.74, 6) is 0.0768. The van der Waals surface area contributed by atoms with Crippen molar-refractivity contribution in [2.24, 2.45) is 5.41 Å².